The van der Waals surface area contributed by atoms with Gasteiger partial charge in [-0.2, -0.15) is 0 Å². The fourth-order valence-electron chi connectivity index (χ4n) is 3.95. The van der Waals surface area contributed by atoms with E-state index in [0.717, 1.165) is 11.1 Å². The van der Waals surface area contributed by atoms with E-state index < -0.39 is 11.9 Å². The van der Waals surface area contributed by atoms with E-state index in [1.807, 2.05) is 12.1 Å². The van der Waals surface area contributed by atoms with Gasteiger partial charge < -0.3 is 9.47 Å². The summed E-state index contributed by atoms with van der Waals surface area (Å²) in [5.74, 6) is -0.844. The first-order chi connectivity index (χ1) is 18.2. The molecule has 0 aliphatic rings. The normalized spacial score (nSPS) is 11.2. The van der Waals surface area contributed by atoms with Gasteiger partial charge in [-0.1, -0.05) is 45.0 Å². The van der Waals surface area contributed by atoms with Gasteiger partial charge in [0.15, 0.2) is 0 Å². The van der Waals surface area contributed by atoms with E-state index >= 15 is 0 Å². The number of hydrogen-bond donors (Lipinski definition) is 0. The molecule has 0 amide bonds. The Morgan fingerprint density at radius 2 is 1.13 bits per heavy atom. The van der Waals surface area contributed by atoms with E-state index in [4.69, 9.17) is 14.5 Å². The molecule has 0 atom stereocenters. The van der Waals surface area contributed by atoms with Gasteiger partial charge in [0.25, 0.3) is 0 Å². The summed E-state index contributed by atoms with van der Waals surface area (Å²) < 4.78 is 10.3. The van der Waals surface area contributed by atoms with Crippen LogP contribution >= 0.6 is 0 Å². The summed E-state index contributed by atoms with van der Waals surface area (Å²) in [4.78, 5) is 38.5. The van der Waals surface area contributed by atoms with E-state index in [2.05, 4.69) is 55.0 Å². The van der Waals surface area contributed by atoms with Crippen molar-refractivity contribution in [1.82, 2.24) is 15.0 Å². The fourth-order valence-corrected chi connectivity index (χ4v) is 3.95. The summed E-state index contributed by atoms with van der Waals surface area (Å²) in [6.07, 6.45) is 3.13. The van der Waals surface area contributed by atoms with Crippen molar-refractivity contribution in [3.63, 3.8) is 0 Å². The number of pyridine rings is 3. The highest BCUT2D eigenvalue weighted by Crippen LogP contribution is 2.31. The first-order valence-corrected chi connectivity index (χ1v) is 12.6. The summed E-state index contributed by atoms with van der Waals surface area (Å²) in [5, 5.41) is 0. The molecule has 0 N–H and O–H groups in total. The van der Waals surface area contributed by atoms with Crippen LogP contribution in [0.2, 0.25) is 0 Å². The largest absolute Gasteiger partial charge is 0.462 e. The predicted molar refractivity (Wildman–Crippen MR) is 147 cm³/mol. The summed E-state index contributed by atoms with van der Waals surface area (Å²) in [6.45, 7) is 10.6. The minimum Gasteiger partial charge on any atom is -0.462 e. The third kappa shape index (κ3) is 6.11. The third-order valence-corrected chi connectivity index (χ3v) is 5.98. The molecule has 0 aliphatic heterocycles. The SMILES string of the molecule is CCOC(=O)c1ccnc(-c2cc(-c3ccc(C(C)(C)C)cc3)cc(-c3cc(C(=O)OCC)ccn3)n2)c1. The van der Waals surface area contributed by atoms with Crippen molar-refractivity contribution >= 4 is 11.9 Å². The third-order valence-electron chi connectivity index (χ3n) is 5.98. The number of rotatable bonds is 7. The van der Waals surface area contributed by atoms with E-state index in [0.29, 0.717) is 33.9 Å². The Bertz CT molecular complexity index is 1380. The van der Waals surface area contributed by atoms with E-state index in [1.54, 1.807) is 50.5 Å². The molecule has 38 heavy (non-hydrogen) atoms. The Kier molecular flexibility index (Phi) is 7.96. The van der Waals surface area contributed by atoms with Crippen molar-refractivity contribution in [2.45, 2.75) is 40.0 Å². The number of esters is 2. The topological polar surface area (TPSA) is 91.3 Å². The second kappa shape index (κ2) is 11.3. The molecule has 0 aliphatic carbocycles. The Morgan fingerprint density at radius 1 is 0.658 bits per heavy atom. The van der Waals surface area contributed by atoms with Crippen molar-refractivity contribution in [2.75, 3.05) is 13.2 Å². The minimum absolute atomic E-state index is 0.0298. The molecule has 0 saturated heterocycles. The van der Waals surface area contributed by atoms with Crippen molar-refractivity contribution in [3.05, 3.63) is 89.7 Å². The fraction of sp³-hybridized carbons (Fsp3) is 0.258. The first kappa shape index (κ1) is 26.7. The summed E-state index contributed by atoms with van der Waals surface area (Å²) in [5.41, 5.74) is 6.09. The van der Waals surface area contributed by atoms with Gasteiger partial charge in [0.05, 0.1) is 47.1 Å². The summed E-state index contributed by atoms with van der Waals surface area (Å²) in [6, 6.07) is 18.8. The lowest BCUT2D eigenvalue weighted by Gasteiger charge is -2.19. The van der Waals surface area contributed by atoms with Crippen LogP contribution in [0.5, 0.6) is 0 Å². The standard InChI is InChI=1S/C31H31N3O4/c1-6-37-29(35)21-12-14-32-25(16-21)27-18-23(20-8-10-24(11-9-20)31(3,4)5)19-28(34-27)26-17-22(13-15-33-26)30(36)38-7-2/h8-19H,6-7H2,1-5H3. The number of carbonyl (C=O) groups excluding carboxylic acids is 2. The molecule has 4 aromatic rings. The highest BCUT2D eigenvalue weighted by Gasteiger charge is 2.17. The lowest BCUT2D eigenvalue weighted by atomic mass is 9.86. The molecule has 0 fully saturated rings. The van der Waals surface area contributed by atoms with Gasteiger partial charge in [-0.05, 0) is 72.4 Å². The van der Waals surface area contributed by atoms with Crippen LogP contribution in [-0.4, -0.2) is 40.1 Å². The highest BCUT2D eigenvalue weighted by molar-refractivity contribution is 5.91. The molecule has 7 nitrogen and oxygen atoms in total. The molecule has 0 spiro atoms. The smallest absolute Gasteiger partial charge is 0.338 e. The Morgan fingerprint density at radius 3 is 1.55 bits per heavy atom. The number of hydrogen-bond acceptors (Lipinski definition) is 7. The number of ether oxygens (including phenoxy) is 2. The molecule has 194 valence electrons. The lowest BCUT2D eigenvalue weighted by Crippen LogP contribution is -2.10. The van der Waals surface area contributed by atoms with E-state index in [-0.39, 0.29) is 18.6 Å². The Hall–Kier alpha value is -4.39. The van der Waals surface area contributed by atoms with Gasteiger partial charge >= 0.3 is 11.9 Å². The zero-order valence-electron chi connectivity index (χ0n) is 22.3. The number of nitrogens with zero attached hydrogens (tertiary/aromatic N) is 3. The molecule has 0 radical (unpaired) electrons. The Labute approximate surface area is 222 Å². The molecule has 3 aromatic heterocycles. The summed E-state index contributed by atoms with van der Waals surface area (Å²) in [7, 11) is 0. The molecule has 4 rings (SSSR count). The van der Waals surface area contributed by atoms with Crippen molar-refractivity contribution in [3.8, 4) is 33.9 Å². The van der Waals surface area contributed by atoms with Crippen LogP contribution in [0.4, 0.5) is 0 Å². The molecule has 0 unspecified atom stereocenters. The average Bonchev–Trinajstić information content (AvgIpc) is 2.93. The maximum Gasteiger partial charge on any atom is 0.338 e. The molecule has 0 saturated carbocycles. The Balaban J connectivity index is 1.85. The van der Waals surface area contributed by atoms with Crippen LogP contribution < -0.4 is 0 Å². The van der Waals surface area contributed by atoms with Crippen molar-refractivity contribution in [2.24, 2.45) is 0 Å². The maximum atomic E-state index is 12.3. The minimum atomic E-state index is -0.422. The maximum absolute atomic E-state index is 12.3. The molecule has 7 heteroatoms. The van der Waals surface area contributed by atoms with Gasteiger partial charge in [0, 0.05) is 12.4 Å². The number of carbonyl (C=O) groups is 2. The second-order valence-electron chi connectivity index (χ2n) is 9.75. The van der Waals surface area contributed by atoms with Crippen molar-refractivity contribution < 1.29 is 19.1 Å². The zero-order chi connectivity index (χ0) is 27.3. The van der Waals surface area contributed by atoms with E-state index in [9.17, 15) is 9.59 Å². The van der Waals surface area contributed by atoms with Gasteiger partial charge in [-0.3, -0.25) is 9.97 Å². The molecular weight excluding hydrogens is 478 g/mol. The quantitative estimate of drug-likeness (QED) is 0.262. The first-order valence-electron chi connectivity index (χ1n) is 12.6. The molecule has 1 aromatic carbocycles. The van der Waals surface area contributed by atoms with Crippen LogP contribution in [0.25, 0.3) is 33.9 Å². The van der Waals surface area contributed by atoms with Gasteiger partial charge in [-0.15, -0.1) is 0 Å². The number of benzene rings is 1. The van der Waals surface area contributed by atoms with Gasteiger partial charge in [-0.25, -0.2) is 14.6 Å². The molecule has 0 bridgehead atoms. The van der Waals surface area contributed by atoms with Gasteiger partial charge in [0.1, 0.15) is 0 Å². The molecular formula is C31H31N3O4. The van der Waals surface area contributed by atoms with Crippen LogP contribution in [0.1, 0.15) is 60.9 Å². The van der Waals surface area contributed by atoms with Crippen LogP contribution in [0.3, 0.4) is 0 Å². The monoisotopic (exact) mass is 509 g/mol. The van der Waals surface area contributed by atoms with Gasteiger partial charge in [0.2, 0.25) is 0 Å². The second-order valence-corrected chi connectivity index (χ2v) is 9.75. The molecule has 3 heterocycles. The average molecular weight is 510 g/mol. The summed E-state index contributed by atoms with van der Waals surface area (Å²) >= 11 is 0. The van der Waals surface area contributed by atoms with Crippen LogP contribution in [0, 0.1) is 0 Å². The lowest BCUT2D eigenvalue weighted by molar-refractivity contribution is 0.0516. The van der Waals surface area contributed by atoms with Crippen LogP contribution in [-0.2, 0) is 14.9 Å². The predicted octanol–water partition coefficient (Wildman–Crippen LogP) is 6.52. The van der Waals surface area contributed by atoms with Crippen molar-refractivity contribution in [1.29, 1.82) is 0 Å². The highest BCUT2D eigenvalue weighted by atomic mass is 16.5. The zero-order valence-corrected chi connectivity index (χ0v) is 22.3. The van der Waals surface area contributed by atoms with Crippen LogP contribution in [0.15, 0.2) is 73.1 Å². The van der Waals surface area contributed by atoms with E-state index in [1.165, 1.54) is 5.56 Å². The number of aromatic nitrogens is 3.